The van der Waals surface area contributed by atoms with E-state index in [1.165, 1.54) is 0 Å². The fourth-order valence-corrected chi connectivity index (χ4v) is 3.20. The van der Waals surface area contributed by atoms with E-state index in [-0.39, 0.29) is 0 Å². The number of carbonyl (C=O) groups excluding carboxylic acids is 2. The number of aldehydes is 2. The summed E-state index contributed by atoms with van der Waals surface area (Å²) in [5.74, 6) is 0. The highest BCUT2D eigenvalue weighted by Gasteiger charge is 1.93. The lowest BCUT2D eigenvalue weighted by Gasteiger charge is -1.97. The van der Waals surface area contributed by atoms with Crippen LogP contribution in [0.1, 0.15) is 31.8 Å². The van der Waals surface area contributed by atoms with E-state index in [1.807, 2.05) is 122 Å². The average molecular weight is 512 g/mol. The molecule has 0 spiro atoms. The lowest BCUT2D eigenvalue weighted by molar-refractivity contribution is 0.112. The van der Waals surface area contributed by atoms with Gasteiger partial charge in [-0.1, -0.05) is 91.0 Å². The maximum atomic E-state index is 10.2. The van der Waals surface area contributed by atoms with Crippen molar-refractivity contribution in [2.45, 2.75) is 0 Å². The Balaban J connectivity index is 0.000000202. The number of nitrogen functional groups attached to an aromatic ring is 1. The molecule has 0 aromatic heterocycles. The first-order valence-electron chi connectivity index (χ1n) is 12.3. The molecule has 5 aromatic carbocycles. The zero-order valence-electron chi connectivity index (χ0n) is 21.4. The van der Waals surface area contributed by atoms with Crippen LogP contribution in [-0.2, 0) is 0 Å². The van der Waals surface area contributed by atoms with Gasteiger partial charge in [-0.15, -0.1) is 0 Å². The van der Waals surface area contributed by atoms with Gasteiger partial charge in [-0.3, -0.25) is 19.6 Å². The van der Waals surface area contributed by atoms with Crippen molar-refractivity contribution in [1.29, 1.82) is 0 Å². The first-order chi connectivity index (χ1) is 19.2. The van der Waals surface area contributed by atoms with Gasteiger partial charge in [0.2, 0.25) is 0 Å². The van der Waals surface area contributed by atoms with Crippen molar-refractivity contribution in [3.63, 3.8) is 0 Å². The number of nitrogens with two attached hydrogens (primary N) is 1. The molecule has 0 aliphatic carbocycles. The van der Waals surface area contributed by atoms with Crippen LogP contribution in [0.2, 0.25) is 0 Å². The molecule has 5 nitrogen and oxygen atoms in total. The second kappa shape index (κ2) is 16.3. The van der Waals surface area contributed by atoms with Crippen LogP contribution in [-0.4, -0.2) is 25.0 Å². The van der Waals surface area contributed by atoms with E-state index in [0.717, 1.165) is 28.2 Å². The van der Waals surface area contributed by atoms with Gasteiger partial charge < -0.3 is 5.73 Å². The van der Waals surface area contributed by atoms with Crippen LogP contribution in [0.4, 0.5) is 17.1 Å². The summed E-state index contributed by atoms with van der Waals surface area (Å²) in [4.78, 5) is 29.3. The number of aliphatic imine (C=N–C) groups is 2. The lowest BCUT2D eigenvalue weighted by Crippen LogP contribution is -1.85. The minimum absolute atomic E-state index is 0.532. The summed E-state index contributed by atoms with van der Waals surface area (Å²) in [5.41, 5.74) is 11.3. The monoisotopic (exact) mass is 511 g/mol. The molecule has 0 aliphatic heterocycles. The quantitative estimate of drug-likeness (QED) is 0.144. The highest BCUT2D eigenvalue weighted by atomic mass is 16.1. The van der Waals surface area contributed by atoms with Crippen LogP contribution in [0.25, 0.3) is 0 Å². The second-order valence-electron chi connectivity index (χ2n) is 8.17. The van der Waals surface area contributed by atoms with Gasteiger partial charge in [-0.2, -0.15) is 0 Å². The molecule has 0 atom stereocenters. The Bertz CT molecular complexity index is 1400. The fraction of sp³-hybridized carbons (Fsp3) is 0. The Labute approximate surface area is 229 Å². The summed E-state index contributed by atoms with van der Waals surface area (Å²) in [6, 6.07) is 44.0. The normalized spacial score (nSPS) is 10.2. The lowest BCUT2D eigenvalue weighted by atomic mass is 10.1. The van der Waals surface area contributed by atoms with E-state index >= 15 is 0 Å². The second-order valence-corrected chi connectivity index (χ2v) is 8.17. The third-order valence-corrected chi connectivity index (χ3v) is 5.13. The van der Waals surface area contributed by atoms with Gasteiger partial charge in [0.15, 0.2) is 0 Å². The summed E-state index contributed by atoms with van der Waals surface area (Å²) in [6.45, 7) is 0. The molecule has 5 aromatic rings. The van der Waals surface area contributed by atoms with Crippen molar-refractivity contribution in [3.8, 4) is 0 Å². The van der Waals surface area contributed by atoms with Gasteiger partial charge in [0.25, 0.3) is 0 Å². The maximum absolute atomic E-state index is 10.2. The van der Waals surface area contributed by atoms with Crippen molar-refractivity contribution < 1.29 is 9.59 Å². The average Bonchev–Trinajstić information content (AvgIpc) is 3.01. The van der Waals surface area contributed by atoms with Gasteiger partial charge in [-0.25, -0.2) is 0 Å². The third-order valence-electron chi connectivity index (χ3n) is 5.13. The van der Waals surface area contributed by atoms with Gasteiger partial charge in [-0.05, 0) is 59.7 Å². The summed E-state index contributed by atoms with van der Waals surface area (Å²) in [6.07, 6.45) is 5.17. The fourth-order valence-electron chi connectivity index (χ4n) is 3.20. The van der Waals surface area contributed by atoms with Crippen LogP contribution in [0.3, 0.4) is 0 Å². The number of nitrogens with zero attached hydrogens (tertiary/aromatic N) is 2. The molecule has 0 bridgehead atoms. The zero-order chi connectivity index (χ0) is 27.5. The van der Waals surface area contributed by atoms with Crippen LogP contribution in [0, 0.1) is 0 Å². The molecular formula is C34H29N3O2. The number of anilines is 1. The molecule has 5 heteroatoms. The predicted octanol–water partition coefficient (Wildman–Crippen LogP) is 7.77. The molecular weight excluding hydrogens is 482 g/mol. The Morgan fingerprint density at radius 2 is 0.795 bits per heavy atom. The summed E-state index contributed by atoms with van der Waals surface area (Å²) < 4.78 is 0. The summed E-state index contributed by atoms with van der Waals surface area (Å²) in [7, 11) is 0. The number of rotatable bonds is 6. The van der Waals surface area contributed by atoms with E-state index in [2.05, 4.69) is 16.1 Å². The molecule has 2 N–H and O–H groups in total. The zero-order valence-corrected chi connectivity index (χ0v) is 21.4. The number of para-hydroxylation sites is 3. The highest BCUT2D eigenvalue weighted by molar-refractivity contribution is 5.88. The number of benzene rings is 5. The Kier molecular flexibility index (Phi) is 11.8. The van der Waals surface area contributed by atoms with Crippen LogP contribution in [0.15, 0.2) is 150 Å². The number of hydrogen-bond donors (Lipinski definition) is 1. The molecule has 0 radical (unpaired) electrons. The van der Waals surface area contributed by atoms with E-state index in [1.54, 1.807) is 24.3 Å². The maximum Gasteiger partial charge on any atom is 0.150 e. The van der Waals surface area contributed by atoms with Crippen molar-refractivity contribution in [1.82, 2.24) is 0 Å². The van der Waals surface area contributed by atoms with Crippen molar-refractivity contribution in [2.75, 3.05) is 5.73 Å². The molecule has 0 aliphatic rings. The van der Waals surface area contributed by atoms with E-state index in [9.17, 15) is 9.59 Å². The largest absolute Gasteiger partial charge is 0.399 e. The van der Waals surface area contributed by atoms with Crippen molar-refractivity contribution in [2.24, 2.45) is 9.98 Å². The molecule has 0 fully saturated rings. The first kappa shape index (κ1) is 28.2. The minimum atomic E-state index is 0.532. The topological polar surface area (TPSA) is 84.9 Å². The molecule has 0 saturated heterocycles. The van der Waals surface area contributed by atoms with Crippen molar-refractivity contribution >= 4 is 42.1 Å². The predicted molar refractivity (Wildman–Crippen MR) is 162 cm³/mol. The van der Waals surface area contributed by atoms with E-state index in [4.69, 9.17) is 5.73 Å². The van der Waals surface area contributed by atoms with Crippen LogP contribution < -0.4 is 5.73 Å². The third kappa shape index (κ3) is 11.0. The molecule has 0 heterocycles. The summed E-state index contributed by atoms with van der Waals surface area (Å²) in [5, 5.41) is 0. The van der Waals surface area contributed by atoms with Crippen LogP contribution >= 0.6 is 0 Å². The summed E-state index contributed by atoms with van der Waals surface area (Å²) >= 11 is 0. The smallest absolute Gasteiger partial charge is 0.150 e. The molecule has 39 heavy (non-hydrogen) atoms. The Morgan fingerprint density at radius 1 is 0.436 bits per heavy atom. The SMILES string of the molecule is C(=Nc1ccccc1)c1cccc(C=Nc2ccccc2)c1.Nc1ccccc1.O=Cc1cccc(C=O)c1. The molecule has 0 amide bonds. The van der Waals surface area contributed by atoms with Gasteiger partial charge >= 0.3 is 0 Å². The minimum Gasteiger partial charge on any atom is -0.399 e. The van der Waals surface area contributed by atoms with Gasteiger partial charge in [0, 0.05) is 29.2 Å². The Hall–Kier alpha value is -5.42. The van der Waals surface area contributed by atoms with Crippen LogP contribution in [0.5, 0.6) is 0 Å². The molecule has 0 unspecified atom stereocenters. The number of hydrogen-bond acceptors (Lipinski definition) is 5. The van der Waals surface area contributed by atoms with Gasteiger partial charge in [0.05, 0.1) is 11.4 Å². The van der Waals surface area contributed by atoms with E-state index in [0.29, 0.717) is 23.7 Å². The standard InChI is InChI=1S/C20H16N2.C8H6O2.C6H7N/c1-3-10-19(11-4-1)21-15-17-8-7-9-18(14-17)16-22-20-12-5-2-6-13-20;9-5-7-2-1-3-8(4-7)6-10;7-6-4-2-1-3-5-6/h1-16H;1-6H;1-5H,7H2. The first-order valence-corrected chi connectivity index (χ1v) is 12.3. The molecule has 192 valence electrons. The number of carbonyl (C=O) groups is 2. The van der Waals surface area contributed by atoms with Crippen molar-refractivity contribution in [3.05, 3.63) is 162 Å². The molecule has 5 rings (SSSR count). The molecule has 0 saturated carbocycles. The highest BCUT2D eigenvalue weighted by Crippen LogP contribution is 2.12. The van der Waals surface area contributed by atoms with Gasteiger partial charge in [0.1, 0.15) is 12.6 Å². The van der Waals surface area contributed by atoms with E-state index < -0.39 is 0 Å². The Morgan fingerprint density at radius 3 is 1.15 bits per heavy atom.